The van der Waals surface area contributed by atoms with Gasteiger partial charge >= 0.3 is 82.3 Å². The second kappa shape index (κ2) is 57.5. The summed E-state index contributed by atoms with van der Waals surface area (Å²) in [4.78, 5) is 0. The normalized spacial score (nSPS) is 11.6. The average Bonchev–Trinajstić information content (AvgIpc) is 1.59. The van der Waals surface area contributed by atoms with Crippen LogP contribution in [-0.2, 0) is 0 Å². The van der Waals surface area contributed by atoms with Gasteiger partial charge in [0, 0.05) is 0 Å². The van der Waals surface area contributed by atoms with E-state index in [-0.39, 0.29) is 0 Å². The Balaban J connectivity index is 0. The van der Waals surface area contributed by atoms with Gasteiger partial charge in [-0.3, -0.25) is 0 Å². The summed E-state index contributed by atoms with van der Waals surface area (Å²) in [5, 5.41) is 16.6. The summed E-state index contributed by atoms with van der Waals surface area (Å²) in [6.45, 7) is 96.4. The zero-order valence-electron chi connectivity index (χ0n) is 88.9. The van der Waals surface area contributed by atoms with E-state index in [4.69, 9.17) is 0 Å². The fraction of sp³-hybridized carbons (Fsp3) is 0.435. The number of rotatable bonds is 1. The molecule has 0 unspecified atom stereocenters. The van der Waals surface area contributed by atoms with Gasteiger partial charge in [0.05, 0.1) is 0 Å². The van der Waals surface area contributed by atoms with Gasteiger partial charge in [0.25, 0.3) is 0 Å². The van der Waals surface area contributed by atoms with Gasteiger partial charge < -0.3 is 0 Å². The molecule has 690 valence electrons. The third-order valence-electron chi connectivity index (χ3n) is 13.6. The second-order valence-electron chi connectivity index (χ2n) is 48.8. The molecule has 1 aliphatic rings. The summed E-state index contributed by atoms with van der Waals surface area (Å²) in [5.41, 5.74) is 10.5. The molecule has 126 heavy (non-hydrogen) atoms. The van der Waals surface area contributed by atoms with Crippen LogP contribution >= 0.6 is 0 Å². The SMILES string of the molecule is CC.CC(C)(C)C.CC(C)(C)C.CC(C)(C)C.CC(C)(C)C.CC(C)(C)C.CC(C)(C)C.CC(C)(C)C.CC(C)(C)C.CC(C)(C)C.CC(C)(C)C.C[Si]1(C)c2ccccc2-c2ccccc21.c1ccc(-c2ccccc2)cc1.c1ccc2c(c1)[se]c1ccccc12.c1ccc2c(c1)ccc1ccccc12.c1ccc2cc3ccccc3cc2c1.c1ccccc1. The Bertz CT molecular complexity index is 4510. The number of benzene rings is 13. The van der Waals surface area contributed by atoms with Crippen molar-refractivity contribution in [3.63, 3.8) is 0 Å². The summed E-state index contributed by atoms with van der Waals surface area (Å²) in [7, 11) is -1.38. The Labute approximate surface area is 785 Å². The molecule has 2 heteroatoms. The molecule has 0 radical (unpaired) electrons. The second-order valence-corrected chi connectivity index (χ2v) is 55.4. The fourth-order valence-electron chi connectivity index (χ4n) is 9.83. The molecule has 0 saturated carbocycles. The van der Waals surface area contributed by atoms with Crippen LogP contribution in [-0.4, -0.2) is 22.6 Å². The first kappa shape index (κ1) is 120. The van der Waals surface area contributed by atoms with Crippen LogP contribution in [0.1, 0.15) is 291 Å². The molecule has 0 bridgehead atoms. The van der Waals surface area contributed by atoms with Gasteiger partial charge in [-0.05, 0) is 142 Å². The molecule has 0 aliphatic carbocycles. The molecule has 0 amide bonds. The third-order valence-corrected chi connectivity index (χ3v) is 19.6. The van der Waals surface area contributed by atoms with Crippen LogP contribution in [0.4, 0.5) is 0 Å². The van der Waals surface area contributed by atoms with Gasteiger partial charge in [0.1, 0.15) is 8.07 Å². The van der Waals surface area contributed by atoms with E-state index in [1.165, 1.54) is 84.6 Å². The molecule has 0 nitrogen and oxygen atoms in total. The molecular formula is C124H184SeSi. The number of fused-ring (bicyclic) bond motifs is 11. The molecule has 13 aromatic carbocycles. The summed E-state index contributed by atoms with van der Waals surface area (Å²) in [6.07, 6.45) is 0. The van der Waals surface area contributed by atoms with Crippen LogP contribution in [0.15, 0.2) is 315 Å². The minimum absolute atomic E-state index is 0.500. The molecule has 2 heterocycles. The molecular weight excluding hydrogens is 1600 g/mol. The summed E-state index contributed by atoms with van der Waals surface area (Å²) in [5.74, 6) is 0. The van der Waals surface area contributed by atoms with Gasteiger partial charge in [0.15, 0.2) is 0 Å². The number of hydrogen-bond acceptors (Lipinski definition) is 0. The number of hydrogen-bond donors (Lipinski definition) is 0. The van der Waals surface area contributed by atoms with Crippen LogP contribution in [0, 0.1) is 54.1 Å². The first-order valence-electron chi connectivity index (χ1n) is 46.4. The fourth-order valence-corrected chi connectivity index (χ4v) is 15.2. The van der Waals surface area contributed by atoms with Crippen molar-refractivity contribution in [2.24, 2.45) is 54.1 Å². The molecule has 1 aromatic heterocycles. The minimum atomic E-state index is -1.38. The third kappa shape index (κ3) is 70.7. The van der Waals surface area contributed by atoms with E-state index in [1.807, 2.05) is 62.4 Å². The van der Waals surface area contributed by atoms with Crippen LogP contribution in [0.3, 0.4) is 0 Å². The van der Waals surface area contributed by atoms with Crippen molar-refractivity contribution >= 4 is 95.3 Å². The van der Waals surface area contributed by atoms with E-state index in [9.17, 15) is 0 Å². The summed E-state index contributed by atoms with van der Waals surface area (Å²) < 4.78 is 3.05. The molecule has 0 N–H and O–H groups in total. The smallest absolute Gasteiger partial charge is 0.0105 e. The summed E-state index contributed by atoms with van der Waals surface area (Å²) in [6, 6.07) is 111. The van der Waals surface area contributed by atoms with E-state index in [0.29, 0.717) is 68.7 Å². The van der Waals surface area contributed by atoms with Crippen molar-refractivity contribution in [1.82, 2.24) is 0 Å². The van der Waals surface area contributed by atoms with E-state index in [0.717, 1.165) is 0 Å². The van der Waals surface area contributed by atoms with Crippen LogP contribution < -0.4 is 10.4 Å². The van der Waals surface area contributed by atoms with Crippen molar-refractivity contribution in [3.05, 3.63) is 315 Å². The summed E-state index contributed by atoms with van der Waals surface area (Å²) >= 11 is 0.535. The largest absolute Gasteiger partial charge is 0.0623 e. The van der Waals surface area contributed by atoms with Crippen molar-refractivity contribution in [2.75, 3.05) is 0 Å². The van der Waals surface area contributed by atoms with Gasteiger partial charge in [-0.1, -0.05) is 559 Å². The first-order chi connectivity index (χ1) is 57.5. The molecule has 14 aromatic rings. The van der Waals surface area contributed by atoms with Crippen molar-refractivity contribution in [1.29, 1.82) is 0 Å². The van der Waals surface area contributed by atoms with Crippen LogP contribution in [0.5, 0.6) is 0 Å². The van der Waals surface area contributed by atoms with Gasteiger partial charge in [-0.25, -0.2) is 0 Å². The van der Waals surface area contributed by atoms with Gasteiger partial charge in [-0.2, -0.15) is 0 Å². The maximum atomic E-state index is 2.44. The molecule has 15 rings (SSSR count). The maximum absolute atomic E-state index is 2.44. The Morgan fingerprint density at radius 3 is 0.548 bits per heavy atom. The minimum Gasteiger partial charge on any atom is -0.0623 e. The van der Waals surface area contributed by atoms with E-state index in [2.05, 4.69) is 557 Å². The topological polar surface area (TPSA) is 0 Å². The quantitative estimate of drug-likeness (QED) is 0.0873. The zero-order valence-corrected chi connectivity index (χ0v) is 91.6. The zero-order chi connectivity index (χ0) is 97.4. The molecule has 0 fully saturated rings. The molecule has 0 spiro atoms. The van der Waals surface area contributed by atoms with Crippen molar-refractivity contribution in [3.8, 4) is 22.3 Å². The molecule has 0 atom stereocenters. The standard InChI is InChI=1S/C14H14Si.2C14H10.C12H8Se.C12H10.C6H6.10C5H12.C2H6/c1-15(2)13-9-5-3-7-11(13)12-8-4-6-10-14(12)15;1-3-7-13-11(5-1)9-10-12-6-2-4-8-14(12)13;1-2-6-12-10-14-8-4-3-7-13(14)9-11(12)5-1;1-3-7-11-9(5-1)10-6-2-4-8-12(10)13-11;1-3-7-11(8-4-1)12-9-5-2-6-10-12;1-2-4-6-5-3-1;10*1-5(2,3)4;1-2/h3-10H,1-2H3;2*1-10H;1-8H;1-10H;1-6H;10*1-4H3;1-2H3. The van der Waals surface area contributed by atoms with Crippen LogP contribution in [0.2, 0.25) is 13.1 Å². The predicted molar refractivity (Wildman–Crippen MR) is 591 cm³/mol. The van der Waals surface area contributed by atoms with E-state index in [1.54, 1.807) is 10.4 Å². The van der Waals surface area contributed by atoms with E-state index >= 15 is 0 Å². The Morgan fingerprint density at radius 2 is 0.325 bits per heavy atom. The first-order valence-corrected chi connectivity index (χ1v) is 51.1. The average molecular weight is 1780 g/mol. The van der Waals surface area contributed by atoms with Crippen molar-refractivity contribution in [2.45, 2.75) is 304 Å². The maximum Gasteiger partial charge on any atom is -0.0105 e. The molecule has 1 aliphatic heterocycles. The Kier molecular flexibility index (Phi) is 54.7. The predicted octanol–water partition coefficient (Wildman–Crippen LogP) is 40.1. The monoisotopic (exact) mass is 1780 g/mol. The molecule has 0 saturated heterocycles. The van der Waals surface area contributed by atoms with Crippen LogP contribution in [0.25, 0.3) is 84.6 Å². The Morgan fingerprint density at radius 1 is 0.167 bits per heavy atom. The van der Waals surface area contributed by atoms with E-state index < -0.39 is 8.07 Å². The Hall–Kier alpha value is -8.36. The van der Waals surface area contributed by atoms with Crippen molar-refractivity contribution < 1.29 is 0 Å². The van der Waals surface area contributed by atoms with Gasteiger partial charge in [0.2, 0.25) is 0 Å². The van der Waals surface area contributed by atoms with Gasteiger partial charge in [-0.15, -0.1) is 0 Å².